The van der Waals surface area contributed by atoms with Crippen LogP contribution in [0.25, 0.3) is 0 Å². The van der Waals surface area contributed by atoms with Gasteiger partial charge >= 0.3 is 0 Å². The van der Waals surface area contributed by atoms with Crippen LogP contribution in [-0.4, -0.2) is 30.3 Å². The van der Waals surface area contributed by atoms with Gasteiger partial charge < -0.3 is 9.47 Å². The molecule has 3 unspecified atom stereocenters. The van der Waals surface area contributed by atoms with Crippen LogP contribution in [0.15, 0.2) is 0 Å². The third-order valence-electron chi connectivity index (χ3n) is 1.66. The van der Waals surface area contributed by atoms with E-state index < -0.39 is 0 Å². The fourth-order valence-electron chi connectivity index (χ4n) is 0.979. The molecule has 0 radical (unpaired) electrons. The van der Waals surface area contributed by atoms with Crippen molar-refractivity contribution in [2.24, 2.45) is 0 Å². The van der Waals surface area contributed by atoms with Crippen molar-refractivity contribution in [3.8, 4) is 0 Å². The lowest BCUT2D eigenvalue weighted by molar-refractivity contribution is -0.0582. The molecule has 1 heterocycles. The molecule has 3 atom stereocenters. The Morgan fingerprint density at radius 3 is 2.82 bits per heavy atom. The van der Waals surface area contributed by atoms with Crippen LogP contribution in [0.2, 0.25) is 0 Å². The highest BCUT2D eigenvalue weighted by molar-refractivity contribution is 6.28. The van der Waals surface area contributed by atoms with E-state index in [-0.39, 0.29) is 17.8 Å². The third kappa shape index (κ3) is 2.48. The average molecular weight is 199 g/mol. The molecule has 0 N–H and O–H groups in total. The zero-order chi connectivity index (χ0) is 8.27. The summed E-state index contributed by atoms with van der Waals surface area (Å²) < 4.78 is 10.7. The number of halogens is 2. The van der Waals surface area contributed by atoms with E-state index in [0.29, 0.717) is 12.5 Å². The van der Waals surface area contributed by atoms with Crippen LogP contribution in [-0.2, 0) is 9.47 Å². The lowest BCUT2D eigenvalue weighted by atomic mass is 10.3. The van der Waals surface area contributed by atoms with Gasteiger partial charge in [-0.25, -0.2) is 0 Å². The van der Waals surface area contributed by atoms with Crippen LogP contribution in [0.3, 0.4) is 0 Å². The average Bonchev–Trinajstić information content (AvgIpc) is 2.50. The van der Waals surface area contributed by atoms with Gasteiger partial charge in [0.1, 0.15) is 6.10 Å². The van der Waals surface area contributed by atoms with Gasteiger partial charge in [0.15, 0.2) is 6.29 Å². The summed E-state index contributed by atoms with van der Waals surface area (Å²) in [5.74, 6) is 0.409. The number of hydrogen-bond donors (Lipinski definition) is 0. The predicted molar refractivity (Wildman–Crippen MR) is 45.3 cm³/mol. The summed E-state index contributed by atoms with van der Waals surface area (Å²) in [7, 11) is 0. The second-order valence-corrected chi connectivity index (χ2v) is 3.39. The van der Waals surface area contributed by atoms with Crippen LogP contribution in [0.5, 0.6) is 0 Å². The van der Waals surface area contributed by atoms with Crippen LogP contribution in [0.4, 0.5) is 0 Å². The van der Waals surface area contributed by atoms with E-state index in [1.807, 2.05) is 6.92 Å². The molecule has 1 fully saturated rings. The Morgan fingerprint density at radius 1 is 1.64 bits per heavy atom. The van der Waals surface area contributed by atoms with Gasteiger partial charge in [-0.05, 0) is 6.42 Å². The summed E-state index contributed by atoms with van der Waals surface area (Å²) in [5, 5.41) is -0.131. The minimum absolute atomic E-state index is 0.0286. The number of hydrogen-bond acceptors (Lipinski definition) is 2. The predicted octanol–water partition coefficient (Wildman–Crippen LogP) is 1.98. The SMILES string of the molecule is CCC1OCC(C(Cl)CCl)O1. The van der Waals surface area contributed by atoms with E-state index in [1.165, 1.54) is 0 Å². The quantitative estimate of drug-likeness (QED) is 0.647. The fraction of sp³-hybridized carbons (Fsp3) is 1.00. The highest BCUT2D eigenvalue weighted by atomic mass is 35.5. The molecule has 0 spiro atoms. The lowest BCUT2D eigenvalue weighted by Crippen LogP contribution is -2.25. The molecule has 0 aromatic carbocycles. The van der Waals surface area contributed by atoms with E-state index in [4.69, 9.17) is 32.7 Å². The summed E-state index contributed by atoms with van der Waals surface area (Å²) in [6, 6.07) is 0. The molecule has 0 saturated carbocycles. The van der Waals surface area contributed by atoms with Crippen molar-refractivity contribution in [3.63, 3.8) is 0 Å². The molecule has 1 aliphatic rings. The van der Waals surface area contributed by atoms with Crippen LogP contribution in [0, 0.1) is 0 Å². The summed E-state index contributed by atoms with van der Waals surface area (Å²) in [6.45, 7) is 2.58. The smallest absolute Gasteiger partial charge is 0.158 e. The maximum atomic E-state index is 5.86. The van der Waals surface area contributed by atoms with Crippen molar-refractivity contribution in [2.45, 2.75) is 31.1 Å². The number of alkyl halides is 2. The first-order valence-electron chi connectivity index (χ1n) is 3.75. The highest BCUT2D eigenvalue weighted by Crippen LogP contribution is 2.20. The van der Waals surface area contributed by atoms with Gasteiger partial charge in [-0.3, -0.25) is 0 Å². The van der Waals surface area contributed by atoms with Gasteiger partial charge in [0, 0.05) is 5.88 Å². The topological polar surface area (TPSA) is 18.5 Å². The standard InChI is InChI=1S/C7H12Cl2O2/c1-2-7-10-4-6(11-7)5(9)3-8/h5-7H,2-4H2,1H3. The van der Waals surface area contributed by atoms with Gasteiger partial charge in [0.2, 0.25) is 0 Å². The van der Waals surface area contributed by atoms with Crippen molar-refractivity contribution in [1.29, 1.82) is 0 Å². The molecule has 0 aliphatic carbocycles. The molecule has 1 saturated heterocycles. The maximum absolute atomic E-state index is 5.86. The van der Waals surface area contributed by atoms with Gasteiger partial charge in [0.05, 0.1) is 12.0 Å². The molecule has 4 heteroatoms. The number of ether oxygens (including phenoxy) is 2. The Hall–Kier alpha value is 0.500. The first-order valence-corrected chi connectivity index (χ1v) is 4.72. The van der Waals surface area contributed by atoms with E-state index in [1.54, 1.807) is 0 Å². The molecule has 11 heavy (non-hydrogen) atoms. The van der Waals surface area contributed by atoms with Crippen LogP contribution >= 0.6 is 23.2 Å². The second kappa shape index (κ2) is 4.51. The second-order valence-electron chi connectivity index (χ2n) is 2.52. The van der Waals surface area contributed by atoms with Gasteiger partial charge in [-0.2, -0.15) is 0 Å². The Morgan fingerprint density at radius 2 is 2.36 bits per heavy atom. The monoisotopic (exact) mass is 198 g/mol. The maximum Gasteiger partial charge on any atom is 0.158 e. The van der Waals surface area contributed by atoms with Gasteiger partial charge in [0.25, 0.3) is 0 Å². The van der Waals surface area contributed by atoms with Crippen molar-refractivity contribution in [3.05, 3.63) is 0 Å². The largest absolute Gasteiger partial charge is 0.350 e. The zero-order valence-electron chi connectivity index (χ0n) is 6.43. The van der Waals surface area contributed by atoms with Gasteiger partial charge in [-0.15, -0.1) is 23.2 Å². The van der Waals surface area contributed by atoms with Crippen molar-refractivity contribution in [2.75, 3.05) is 12.5 Å². The minimum atomic E-state index is -0.131. The van der Waals surface area contributed by atoms with Crippen molar-refractivity contribution in [1.82, 2.24) is 0 Å². The molecule has 2 nitrogen and oxygen atoms in total. The Labute approximate surface area is 76.8 Å². The fourth-order valence-corrected chi connectivity index (χ4v) is 1.31. The summed E-state index contributed by atoms with van der Waals surface area (Å²) in [6.07, 6.45) is 0.756. The first kappa shape index (κ1) is 9.59. The minimum Gasteiger partial charge on any atom is -0.350 e. The molecule has 0 aromatic heterocycles. The normalized spacial score (nSPS) is 34.1. The van der Waals surface area contributed by atoms with Crippen molar-refractivity contribution >= 4 is 23.2 Å². The van der Waals surface area contributed by atoms with Crippen LogP contribution in [0.1, 0.15) is 13.3 Å². The molecule has 0 bridgehead atoms. The molecular formula is C7H12Cl2O2. The summed E-state index contributed by atoms with van der Waals surface area (Å²) in [5.41, 5.74) is 0. The molecule has 66 valence electrons. The highest BCUT2D eigenvalue weighted by Gasteiger charge is 2.29. The molecule has 0 aromatic rings. The Kier molecular flexibility index (Phi) is 3.93. The van der Waals surface area contributed by atoms with Gasteiger partial charge in [-0.1, -0.05) is 6.92 Å². The Bertz CT molecular complexity index is 121. The van der Waals surface area contributed by atoms with Crippen LogP contribution < -0.4 is 0 Å². The lowest BCUT2D eigenvalue weighted by Gasteiger charge is -2.12. The van der Waals surface area contributed by atoms with Crippen molar-refractivity contribution < 1.29 is 9.47 Å². The zero-order valence-corrected chi connectivity index (χ0v) is 7.94. The van der Waals surface area contributed by atoms with E-state index in [0.717, 1.165) is 6.42 Å². The third-order valence-corrected chi connectivity index (χ3v) is 2.58. The molecular weight excluding hydrogens is 187 g/mol. The summed E-state index contributed by atoms with van der Waals surface area (Å²) in [4.78, 5) is 0. The van der Waals surface area contributed by atoms with E-state index in [2.05, 4.69) is 0 Å². The van der Waals surface area contributed by atoms with E-state index >= 15 is 0 Å². The summed E-state index contributed by atoms with van der Waals surface area (Å²) >= 11 is 11.4. The molecule has 1 aliphatic heterocycles. The molecule has 0 amide bonds. The number of rotatable bonds is 3. The van der Waals surface area contributed by atoms with E-state index in [9.17, 15) is 0 Å². The first-order chi connectivity index (χ1) is 5.27. The molecule has 1 rings (SSSR count). The Balaban J connectivity index is 2.29.